The molecule has 0 radical (unpaired) electrons. The van der Waals surface area contributed by atoms with Gasteiger partial charge in [0.1, 0.15) is 6.79 Å². The van der Waals surface area contributed by atoms with Gasteiger partial charge in [-0.05, 0) is 60.2 Å². The van der Waals surface area contributed by atoms with Gasteiger partial charge in [-0.25, -0.2) is 0 Å². The molecule has 1 N–H and O–H groups in total. The van der Waals surface area contributed by atoms with Gasteiger partial charge < -0.3 is 14.8 Å². The lowest BCUT2D eigenvalue weighted by atomic mass is 9.82. The van der Waals surface area contributed by atoms with Crippen LogP contribution in [0.1, 0.15) is 12.8 Å². The number of nitrogens with one attached hydrogen (secondary N) is 1. The normalized spacial score (nSPS) is 20.1. The summed E-state index contributed by atoms with van der Waals surface area (Å²) >= 11 is 6.25. The molecule has 0 unspecified atom stereocenters. The molecule has 1 aliphatic carbocycles. The van der Waals surface area contributed by atoms with Crippen molar-refractivity contribution in [2.75, 3.05) is 25.8 Å². The molecule has 0 spiro atoms. The molecule has 1 aromatic carbocycles. The van der Waals surface area contributed by atoms with Gasteiger partial charge in [-0.2, -0.15) is 0 Å². The average Bonchev–Trinajstić information content (AvgIpc) is 2.53. The second kappa shape index (κ2) is 7.77. The number of methoxy groups -OCH3 is 1. The summed E-state index contributed by atoms with van der Waals surface area (Å²) in [6.07, 6.45) is 6.08. The number of hydrogen-bond donors (Lipinski definition) is 1. The number of halogens is 1. The van der Waals surface area contributed by atoms with Crippen LogP contribution < -0.4 is 5.32 Å². The van der Waals surface area contributed by atoms with Crippen LogP contribution >= 0.6 is 11.6 Å². The highest BCUT2D eigenvalue weighted by molar-refractivity contribution is 6.31. The number of benzene rings is 1. The smallest absolute Gasteiger partial charge is 0.146 e. The highest BCUT2D eigenvalue weighted by Gasteiger charge is 2.29. The molecule has 5 heteroatoms. The van der Waals surface area contributed by atoms with E-state index in [1.165, 1.54) is 0 Å². The number of aromatic nitrogens is 1. The van der Waals surface area contributed by atoms with Crippen LogP contribution in [0.3, 0.4) is 0 Å². The molecule has 1 saturated carbocycles. The number of ether oxygens (including phenoxy) is 2. The van der Waals surface area contributed by atoms with E-state index in [0.717, 1.165) is 41.2 Å². The topological polar surface area (TPSA) is 43.4 Å². The molecule has 1 aliphatic rings. The molecule has 23 heavy (non-hydrogen) atoms. The zero-order chi connectivity index (χ0) is 16.1. The van der Waals surface area contributed by atoms with Crippen LogP contribution in [0.4, 0.5) is 5.69 Å². The van der Waals surface area contributed by atoms with Crippen LogP contribution in [0, 0.1) is 5.92 Å². The van der Waals surface area contributed by atoms with Crippen molar-refractivity contribution in [2.45, 2.75) is 18.9 Å². The Kier molecular flexibility index (Phi) is 5.49. The van der Waals surface area contributed by atoms with Gasteiger partial charge >= 0.3 is 0 Å². The maximum absolute atomic E-state index is 6.25. The van der Waals surface area contributed by atoms with E-state index in [-0.39, 0.29) is 0 Å². The van der Waals surface area contributed by atoms with E-state index in [4.69, 9.17) is 21.1 Å². The monoisotopic (exact) mass is 332 g/mol. The summed E-state index contributed by atoms with van der Waals surface area (Å²) in [5, 5.41) is 4.22. The van der Waals surface area contributed by atoms with Crippen LogP contribution in [0.5, 0.6) is 0 Å². The number of rotatable bonds is 7. The molecular weight excluding hydrogens is 312 g/mol. The van der Waals surface area contributed by atoms with Crippen molar-refractivity contribution in [1.29, 1.82) is 0 Å². The Hall–Kier alpha value is -1.62. The maximum atomic E-state index is 6.25. The number of pyridine rings is 1. The summed E-state index contributed by atoms with van der Waals surface area (Å²) in [5.74, 6) is 0.639. The molecule has 2 aromatic rings. The summed E-state index contributed by atoms with van der Waals surface area (Å²) < 4.78 is 10.5. The molecule has 3 rings (SSSR count). The van der Waals surface area contributed by atoms with Crippen molar-refractivity contribution in [3.05, 3.63) is 47.7 Å². The third kappa shape index (κ3) is 4.44. The first-order valence-electron chi connectivity index (χ1n) is 7.80. The van der Waals surface area contributed by atoms with Gasteiger partial charge in [-0.3, -0.25) is 4.98 Å². The van der Waals surface area contributed by atoms with Crippen molar-refractivity contribution >= 4 is 17.3 Å². The fourth-order valence-electron chi connectivity index (χ4n) is 2.81. The van der Waals surface area contributed by atoms with Crippen LogP contribution in [-0.2, 0) is 9.47 Å². The predicted molar refractivity (Wildman–Crippen MR) is 92.6 cm³/mol. The summed E-state index contributed by atoms with van der Waals surface area (Å²) in [7, 11) is 1.65. The molecule has 0 atom stereocenters. The Morgan fingerprint density at radius 1 is 1.17 bits per heavy atom. The molecule has 1 fully saturated rings. The average molecular weight is 333 g/mol. The first-order valence-corrected chi connectivity index (χ1v) is 8.18. The number of anilines is 1. The fraction of sp³-hybridized carbons (Fsp3) is 0.389. The standard InChI is InChI=1S/C18H21ClN2O2/c1-22-12-23-18-6-13(7-18)11-21-17-9-15(8-16(19)10-17)14-2-4-20-5-3-14/h2-5,8-10,13,18,21H,6-7,11-12H2,1H3. The minimum Gasteiger partial charge on any atom is -0.385 e. The highest BCUT2D eigenvalue weighted by atomic mass is 35.5. The van der Waals surface area contributed by atoms with Gasteiger partial charge in [0.2, 0.25) is 0 Å². The third-order valence-corrected chi connectivity index (χ3v) is 4.34. The van der Waals surface area contributed by atoms with Gasteiger partial charge in [0, 0.05) is 36.8 Å². The maximum Gasteiger partial charge on any atom is 0.146 e. The highest BCUT2D eigenvalue weighted by Crippen LogP contribution is 2.31. The summed E-state index contributed by atoms with van der Waals surface area (Å²) in [6.45, 7) is 1.32. The lowest BCUT2D eigenvalue weighted by molar-refractivity contribution is -0.111. The number of nitrogens with zero attached hydrogens (tertiary/aromatic N) is 1. The number of hydrogen-bond acceptors (Lipinski definition) is 4. The van der Waals surface area contributed by atoms with Gasteiger partial charge in [0.05, 0.1) is 6.10 Å². The van der Waals surface area contributed by atoms with Gasteiger partial charge in [-0.15, -0.1) is 0 Å². The van der Waals surface area contributed by atoms with Crippen LogP contribution in [-0.4, -0.2) is 31.5 Å². The zero-order valence-corrected chi connectivity index (χ0v) is 13.9. The van der Waals surface area contributed by atoms with Crippen molar-refractivity contribution in [2.24, 2.45) is 5.92 Å². The zero-order valence-electron chi connectivity index (χ0n) is 13.2. The summed E-state index contributed by atoms with van der Waals surface area (Å²) in [4.78, 5) is 4.05. The Morgan fingerprint density at radius 3 is 2.70 bits per heavy atom. The fourth-order valence-corrected chi connectivity index (χ4v) is 3.04. The lowest BCUT2D eigenvalue weighted by Crippen LogP contribution is -2.35. The van der Waals surface area contributed by atoms with Crippen molar-refractivity contribution in [3.63, 3.8) is 0 Å². The van der Waals surface area contributed by atoms with Gasteiger partial charge in [0.15, 0.2) is 0 Å². The minimum atomic E-state index is 0.341. The summed E-state index contributed by atoms with van der Waals surface area (Å²) in [5.41, 5.74) is 3.25. The molecule has 0 saturated heterocycles. The summed E-state index contributed by atoms with van der Waals surface area (Å²) in [6, 6.07) is 10.0. The Balaban J connectivity index is 1.56. The molecule has 0 aliphatic heterocycles. The molecule has 0 amide bonds. The van der Waals surface area contributed by atoms with Crippen molar-refractivity contribution in [1.82, 2.24) is 4.98 Å². The second-order valence-corrected chi connectivity index (χ2v) is 6.31. The van der Waals surface area contributed by atoms with Crippen molar-refractivity contribution in [3.8, 4) is 11.1 Å². The van der Waals surface area contributed by atoms with E-state index in [9.17, 15) is 0 Å². The first-order chi connectivity index (χ1) is 11.2. The van der Waals surface area contributed by atoms with E-state index < -0.39 is 0 Å². The van der Waals surface area contributed by atoms with Gasteiger partial charge in [0.25, 0.3) is 0 Å². The Labute approximate surface area is 141 Å². The van der Waals surface area contributed by atoms with Crippen molar-refractivity contribution < 1.29 is 9.47 Å². The van der Waals surface area contributed by atoms with E-state index >= 15 is 0 Å². The van der Waals surface area contributed by atoms with Crippen LogP contribution in [0.2, 0.25) is 5.02 Å². The Morgan fingerprint density at radius 2 is 1.96 bits per heavy atom. The predicted octanol–water partition coefficient (Wildman–Crippen LogP) is 4.21. The van der Waals surface area contributed by atoms with E-state index in [2.05, 4.69) is 16.4 Å². The quantitative estimate of drug-likeness (QED) is 0.771. The van der Waals surface area contributed by atoms with E-state index in [1.54, 1.807) is 19.5 Å². The Bertz CT molecular complexity index is 630. The molecule has 1 aromatic heterocycles. The lowest BCUT2D eigenvalue weighted by Gasteiger charge is -2.35. The largest absolute Gasteiger partial charge is 0.385 e. The SMILES string of the molecule is COCOC1CC(CNc2cc(Cl)cc(-c3ccncc3)c2)C1. The van der Waals surface area contributed by atoms with E-state index in [1.807, 2.05) is 24.3 Å². The molecular formula is C18H21ClN2O2. The van der Waals surface area contributed by atoms with Gasteiger partial charge in [-0.1, -0.05) is 11.6 Å². The van der Waals surface area contributed by atoms with Crippen LogP contribution in [0.25, 0.3) is 11.1 Å². The molecule has 122 valence electrons. The molecule has 0 bridgehead atoms. The van der Waals surface area contributed by atoms with Crippen LogP contribution in [0.15, 0.2) is 42.7 Å². The molecule has 4 nitrogen and oxygen atoms in total. The minimum absolute atomic E-state index is 0.341. The van der Waals surface area contributed by atoms with E-state index in [0.29, 0.717) is 18.8 Å². The first kappa shape index (κ1) is 16.2. The second-order valence-electron chi connectivity index (χ2n) is 5.88. The third-order valence-electron chi connectivity index (χ3n) is 4.12. The molecule has 1 heterocycles.